The summed E-state index contributed by atoms with van der Waals surface area (Å²) in [5.74, 6) is -0.199. The normalized spacial score (nSPS) is 18.8. The van der Waals surface area contributed by atoms with Gasteiger partial charge in [-0.3, -0.25) is 18.6 Å². The number of aliphatic hydroxyl groups excluding tert-OH is 2. The topological polar surface area (TPSA) is 161 Å². The van der Waals surface area contributed by atoms with Crippen molar-refractivity contribution >= 4 is 19.8 Å². The van der Waals surface area contributed by atoms with Gasteiger partial charge in [-0.1, -0.05) is 128 Å². The fourth-order valence-corrected chi connectivity index (χ4v) is 6.32. The van der Waals surface area contributed by atoms with E-state index in [0.717, 1.165) is 50.9 Å². The summed E-state index contributed by atoms with van der Waals surface area (Å²) in [4.78, 5) is 34.9. The van der Waals surface area contributed by atoms with Gasteiger partial charge in [0.2, 0.25) is 0 Å². The van der Waals surface area contributed by atoms with Crippen molar-refractivity contribution in [3.63, 3.8) is 0 Å². The number of phosphoric ester groups is 1. The molecule has 12 heteroatoms. The molecular weight excluding hydrogens is 699 g/mol. The molecule has 1 aliphatic heterocycles. The van der Waals surface area contributed by atoms with Crippen LogP contribution >= 0.6 is 7.82 Å². The van der Waals surface area contributed by atoms with Crippen LogP contribution in [-0.2, 0) is 37.4 Å². The number of aliphatic hydroxyl groups is 2. The predicted octanol–water partition coefficient (Wildman–Crippen LogP) is 9.23. The third-order valence-corrected chi connectivity index (χ3v) is 10.2. The molecule has 4 unspecified atom stereocenters. The molecule has 6 atom stereocenters. The Morgan fingerprint density at radius 2 is 1.32 bits per heavy atom. The number of carbonyl (C=O) groups is 2. The first-order valence-electron chi connectivity index (χ1n) is 20.5. The second-order valence-electron chi connectivity index (χ2n) is 14.3. The molecule has 0 aromatic rings. The first kappa shape index (κ1) is 49.2. The lowest BCUT2D eigenvalue weighted by Crippen LogP contribution is -2.29. The zero-order valence-corrected chi connectivity index (χ0v) is 34.0. The zero-order valence-electron chi connectivity index (χ0n) is 33.1. The highest BCUT2D eigenvalue weighted by atomic mass is 31.2. The van der Waals surface area contributed by atoms with E-state index >= 15 is 0 Å². The van der Waals surface area contributed by atoms with Crippen molar-refractivity contribution in [1.29, 1.82) is 0 Å². The number of unbranched alkanes of at least 4 members (excludes halogenated alkanes) is 11. The minimum absolute atomic E-state index is 0.158. The van der Waals surface area contributed by atoms with E-state index in [4.69, 9.17) is 23.8 Å². The van der Waals surface area contributed by atoms with Crippen molar-refractivity contribution < 1.29 is 52.5 Å². The highest BCUT2D eigenvalue weighted by Crippen LogP contribution is 2.43. The van der Waals surface area contributed by atoms with E-state index in [1.54, 1.807) is 0 Å². The lowest BCUT2D eigenvalue weighted by molar-refractivity contribution is -0.161. The molecule has 1 saturated heterocycles. The summed E-state index contributed by atoms with van der Waals surface area (Å²) in [5.41, 5.74) is 0. The zero-order chi connectivity index (χ0) is 39.0. The largest absolute Gasteiger partial charge is 0.472 e. The smallest absolute Gasteiger partial charge is 0.462 e. The summed E-state index contributed by atoms with van der Waals surface area (Å²) < 4.78 is 38.4. The summed E-state index contributed by atoms with van der Waals surface area (Å²) in [6.45, 7) is 4.57. The molecule has 0 aliphatic carbocycles. The first-order valence-corrected chi connectivity index (χ1v) is 22.0. The van der Waals surface area contributed by atoms with Gasteiger partial charge >= 0.3 is 19.8 Å². The number of ether oxygens (including phenoxy) is 3. The highest BCUT2D eigenvalue weighted by Gasteiger charge is 2.36. The molecule has 308 valence electrons. The van der Waals surface area contributed by atoms with E-state index in [0.29, 0.717) is 19.3 Å². The Morgan fingerprint density at radius 3 is 2.00 bits per heavy atom. The molecule has 1 fully saturated rings. The molecule has 0 radical (unpaired) electrons. The summed E-state index contributed by atoms with van der Waals surface area (Å²) >= 11 is 0. The van der Waals surface area contributed by atoms with E-state index < -0.39 is 51.8 Å². The van der Waals surface area contributed by atoms with Crippen LogP contribution in [0.2, 0.25) is 0 Å². The van der Waals surface area contributed by atoms with Crippen LogP contribution in [0, 0.1) is 5.92 Å². The third-order valence-electron chi connectivity index (χ3n) is 9.24. The molecule has 53 heavy (non-hydrogen) atoms. The van der Waals surface area contributed by atoms with Crippen molar-refractivity contribution in [3.8, 4) is 0 Å². The maximum atomic E-state index is 12.6. The fraction of sp³-hybridized carbons (Fsp3) is 0.805. The standard InChI is InChI=1S/C41H73O11P/c1-4-6-7-8-9-10-14-17-22-27-38-39(52-38)28-23-19-20-24-29-40(44)48-33-37(34-50-53(46,47)49-32-36(43)31-42)51-41(45)30-25-18-15-12-11-13-16-21-26-35(3)5-2/h9-10,17,19,22-23,35-39,42-43H,4-8,11-16,18,20-21,24-34H2,1-3H3,(H,46,47)/b10-9-,22-17-,23-19-/t35?,36-,37+,38?,39?/m0/s1. The van der Waals surface area contributed by atoms with Gasteiger partial charge in [0.05, 0.1) is 32.0 Å². The Balaban J connectivity index is 2.33. The summed E-state index contributed by atoms with van der Waals surface area (Å²) in [5, 5.41) is 18.3. The minimum atomic E-state index is -4.63. The van der Waals surface area contributed by atoms with Gasteiger partial charge in [0.25, 0.3) is 0 Å². The number of rotatable bonds is 36. The SMILES string of the molecule is CCCCC/C=C\C/C=C\CC1OC1C/C=C\CCCC(=O)OC[C@H](COP(=O)(O)OC[C@@H](O)CO)OC(=O)CCCCCCCCCCC(C)CC. The van der Waals surface area contributed by atoms with Crippen molar-refractivity contribution in [1.82, 2.24) is 0 Å². The second kappa shape index (κ2) is 32.4. The summed E-state index contributed by atoms with van der Waals surface area (Å²) in [7, 11) is -4.63. The fourth-order valence-electron chi connectivity index (χ4n) is 5.53. The van der Waals surface area contributed by atoms with Gasteiger partial charge in [-0.15, -0.1) is 0 Å². The van der Waals surface area contributed by atoms with E-state index in [-0.39, 0.29) is 31.7 Å². The second-order valence-corrected chi connectivity index (χ2v) is 15.7. The molecule has 3 N–H and O–H groups in total. The van der Waals surface area contributed by atoms with Gasteiger partial charge in [0.1, 0.15) is 12.7 Å². The number of hydrogen-bond acceptors (Lipinski definition) is 10. The quantitative estimate of drug-likeness (QED) is 0.0183. The number of epoxide rings is 1. The maximum Gasteiger partial charge on any atom is 0.472 e. The van der Waals surface area contributed by atoms with Gasteiger partial charge in [-0.25, -0.2) is 4.57 Å². The van der Waals surface area contributed by atoms with Crippen LogP contribution in [0.25, 0.3) is 0 Å². The Hall–Kier alpha value is -1.85. The van der Waals surface area contributed by atoms with Crippen molar-refractivity contribution in [3.05, 3.63) is 36.5 Å². The van der Waals surface area contributed by atoms with Crippen molar-refractivity contribution in [2.24, 2.45) is 5.92 Å². The lowest BCUT2D eigenvalue weighted by Gasteiger charge is -2.20. The van der Waals surface area contributed by atoms with Crippen LogP contribution in [0.1, 0.15) is 156 Å². The highest BCUT2D eigenvalue weighted by molar-refractivity contribution is 7.47. The van der Waals surface area contributed by atoms with Gasteiger partial charge in [0.15, 0.2) is 6.10 Å². The molecule has 0 aromatic heterocycles. The van der Waals surface area contributed by atoms with Crippen LogP contribution in [0.4, 0.5) is 0 Å². The van der Waals surface area contributed by atoms with Gasteiger partial charge in [-0.2, -0.15) is 0 Å². The van der Waals surface area contributed by atoms with Gasteiger partial charge < -0.3 is 29.3 Å². The predicted molar refractivity (Wildman–Crippen MR) is 209 cm³/mol. The molecule has 1 heterocycles. The first-order chi connectivity index (χ1) is 25.6. The number of allylic oxidation sites excluding steroid dienone is 4. The number of hydrogen-bond donors (Lipinski definition) is 3. The van der Waals surface area contributed by atoms with Crippen LogP contribution in [0.5, 0.6) is 0 Å². The molecule has 0 aromatic carbocycles. The van der Waals surface area contributed by atoms with Crippen LogP contribution in [-0.4, -0.2) is 77.9 Å². The van der Waals surface area contributed by atoms with E-state index in [1.807, 2.05) is 6.08 Å². The molecule has 0 spiro atoms. The minimum Gasteiger partial charge on any atom is -0.462 e. The van der Waals surface area contributed by atoms with Crippen LogP contribution in [0.15, 0.2) is 36.5 Å². The van der Waals surface area contributed by atoms with Gasteiger partial charge in [0, 0.05) is 12.8 Å². The Kier molecular flexibility index (Phi) is 30.1. The average Bonchev–Trinajstić information content (AvgIpc) is 3.90. The molecule has 1 rings (SSSR count). The Bertz CT molecular complexity index is 1060. The Labute approximate surface area is 320 Å². The Morgan fingerprint density at radius 1 is 0.736 bits per heavy atom. The van der Waals surface area contributed by atoms with E-state index in [1.165, 1.54) is 57.8 Å². The van der Waals surface area contributed by atoms with E-state index in [9.17, 15) is 24.2 Å². The molecule has 0 saturated carbocycles. The monoisotopic (exact) mass is 772 g/mol. The van der Waals surface area contributed by atoms with E-state index in [2.05, 4.69) is 55.7 Å². The molecule has 0 bridgehead atoms. The molecule has 0 amide bonds. The number of carbonyl (C=O) groups excluding carboxylic acids is 2. The maximum absolute atomic E-state index is 12.6. The summed E-state index contributed by atoms with van der Waals surface area (Å²) in [6, 6.07) is 0. The van der Waals surface area contributed by atoms with Crippen molar-refractivity contribution in [2.75, 3.05) is 26.4 Å². The van der Waals surface area contributed by atoms with Gasteiger partial charge in [-0.05, 0) is 57.3 Å². The van der Waals surface area contributed by atoms with Crippen molar-refractivity contribution in [2.45, 2.75) is 180 Å². The third kappa shape index (κ3) is 30.1. The lowest BCUT2D eigenvalue weighted by atomic mass is 9.99. The van der Waals surface area contributed by atoms with Crippen LogP contribution in [0.3, 0.4) is 0 Å². The average molecular weight is 773 g/mol. The molecule has 1 aliphatic rings. The summed E-state index contributed by atoms with van der Waals surface area (Å²) in [6.07, 6.45) is 31.5. The number of phosphoric acid groups is 1. The van der Waals surface area contributed by atoms with Crippen LogP contribution < -0.4 is 0 Å². The molecule has 11 nitrogen and oxygen atoms in total. The molecular formula is C41H73O11P. The number of esters is 2.